The molecule has 5 nitrogen and oxygen atoms in total. The molecule has 1 aromatic heterocycles. The SMILES string of the molecule is CCC(NC)c1ccc(-c2cc(F)cc([N+](=O)[O-])c2)o1. The van der Waals surface area contributed by atoms with Crippen LogP contribution in [0, 0.1) is 15.9 Å². The van der Waals surface area contributed by atoms with Crippen LogP contribution in [0.5, 0.6) is 0 Å². The van der Waals surface area contributed by atoms with Gasteiger partial charge in [-0.3, -0.25) is 10.1 Å². The third-order valence-electron chi connectivity index (χ3n) is 3.10. The van der Waals surface area contributed by atoms with Crippen molar-refractivity contribution in [3.05, 3.63) is 52.0 Å². The first-order valence-electron chi connectivity index (χ1n) is 6.27. The standard InChI is InChI=1S/C14H15FN2O3/c1-3-12(16-2)14-5-4-13(20-14)9-6-10(15)8-11(7-9)17(18)19/h4-8,12,16H,3H2,1-2H3. The molecule has 0 saturated heterocycles. The maximum absolute atomic E-state index is 13.4. The second-order valence-corrected chi connectivity index (χ2v) is 4.41. The summed E-state index contributed by atoms with van der Waals surface area (Å²) in [5, 5.41) is 13.8. The van der Waals surface area contributed by atoms with E-state index in [2.05, 4.69) is 5.32 Å². The van der Waals surface area contributed by atoms with Crippen LogP contribution in [0.25, 0.3) is 11.3 Å². The van der Waals surface area contributed by atoms with E-state index in [1.165, 1.54) is 12.1 Å². The molecule has 0 saturated carbocycles. The Labute approximate surface area is 115 Å². The Kier molecular flexibility index (Phi) is 4.14. The summed E-state index contributed by atoms with van der Waals surface area (Å²) in [6.07, 6.45) is 0.840. The zero-order chi connectivity index (χ0) is 14.7. The van der Waals surface area contributed by atoms with Crippen LogP contribution >= 0.6 is 0 Å². The number of hydrogen-bond donors (Lipinski definition) is 1. The maximum atomic E-state index is 13.4. The number of rotatable bonds is 5. The van der Waals surface area contributed by atoms with Gasteiger partial charge in [0.1, 0.15) is 17.3 Å². The molecule has 1 aromatic carbocycles. The van der Waals surface area contributed by atoms with Crippen molar-refractivity contribution in [3.63, 3.8) is 0 Å². The summed E-state index contributed by atoms with van der Waals surface area (Å²) >= 11 is 0. The van der Waals surface area contributed by atoms with Crippen LogP contribution < -0.4 is 5.32 Å². The van der Waals surface area contributed by atoms with Gasteiger partial charge < -0.3 is 9.73 Å². The molecule has 1 heterocycles. The first-order valence-corrected chi connectivity index (χ1v) is 6.27. The summed E-state index contributed by atoms with van der Waals surface area (Å²) in [7, 11) is 1.82. The van der Waals surface area contributed by atoms with Crippen molar-refractivity contribution in [2.45, 2.75) is 19.4 Å². The monoisotopic (exact) mass is 278 g/mol. The van der Waals surface area contributed by atoms with Crippen LogP contribution in [0.1, 0.15) is 25.1 Å². The lowest BCUT2D eigenvalue weighted by Gasteiger charge is -2.09. The Morgan fingerprint density at radius 3 is 2.75 bits per heavy atom. The summed E-state index contributed by atoms with van der Waals surface area (Å²) in [5.41, 5.74) is 0.0625. The highest BCUT2D eigenvalue weighted by Crippen LogP contribution is 2.29. The fourth-order valence-corrected chi connectivity index (χ4v) is 2.06. The molecule has 0 radical (unpaired) electrons. The molecule has 0 amide bonds. The van der Waals surface area contributed by atoms with E-state index in [0.717, 1.165) is 18.2 Å². The van der Waals surface area contributed by atoms with Crippen LogP contribution in [-0.2, 0) is 0 Å². The molecule has 106 valence electrons. The van der Waals surface area contributed by atoms with Crippen molar-refractivity contribution in [2.75, 3.05) is 7.05 Å². The van der Waals surface area contributed by atoms with Gasteiger partial charge in [0, 0.05) is 11.6 Å². The van der Waals surface area contributed by atoms with E-state index >= 15 is 0 Å². The average molecular weight is 278 g/mol. The third-order valence-corrected chi connectivity index (χ3v) is 3.10. The molecule has 0 fully saturated rings. The number of nitrogens with zero attached hydrogens (tertiary/aromatic N) is 1. The molecule has 0 spiro atoms. The Hall–Kier alpha value is -2.21. The van der Waals surface area contributed by atoms with Crippen molar-refractivity contribution < 1.29 is 13.7 Å². The first-order chi connectivity index (χ1) is 9.55. The quantitative estimate of drug-likeness (QED) is 0.669. The summed E-state index contributed by atoms with van der Waals surface area (Å²) < 4.78 is 19.1. The summed E-state index contributed by atoms with van der Waals surface area (Å²) in [6.45, 7) is 2.01. The molecule has 1 unspecified atom stereocenters. The lowest BCUT2D eigenvalue weighted by Crippen LogP contribution is -2.14. The van der Waals surface area contributed by atoms with Gasteiger partial charge in [-0.25, -0.2) is 4.39 Å². The Bertz CT molecular complexity index is 621. The lowest BCUT2D eigenvalue weighted by atomic mass is 10.1. The highest BCUT2D eigenvalue weighted by atomic mass is 19.1. The third kappa shape index (κ3) is 2.85. The fourth-order valence-electron chi connectivity index (χ4n) is 2.06. The second kappa shape index (κ2) is 5.83. The van der Waals surface area contributed by atoms with Gasteiger partial charge in [0.25, 0.3) is 5.69 Å². The minimum Gasteiger partial charge on any atom is -0.459 e. The van der Waals surface area contributed by atoms with Gasteiger partial charge in [-0.2, -0.15) is 0 Å². The zero-order valence-corrected chi connectivity index (χ0v) is 11.2. The minimum atomic E-state index is -0.659. The molecule has 0 aliphatic carbocycles. The molecular weight excluding hydrogens is 263 g/mol. The molecular formula is C14H15FN2O3. The van der Waals surface area contributed by atoms with E-state index in [0.29, 0.717) is 11.3 Å². The lowest BCUT2D eigenvalue weighted by molar-refractivity contribution is -0.385. The molecule has 1 N–H and O–H groups in total. The fraction of sp³-hybridized carbons (Fsp3) is 0.286. The highest BCUT2D eigenvalue weighted by Gasteiger charge is 2.16. The van der Waals surface area contributed by atoms with Crippen molar-refractivity contribution >= 4 is 5.69 Å². The van der Waals surface area contributed by atoms with Crippen LogP contribution in [-0.4, -0.2) is 12.0 Å². The van der Waals surface area contributed by atoms with Crippen LogP contribution in [0.15, 0.2) is 34.7 Å². The van der Waals surface area contributed by atoms with Gasteiger partial charge >= 0.3 is 0 Å². The predicted molar refractivity (Wildman–Crippen MR) is 72.8 cm³/mol. The largest absolute Gasteiger partial charge is 0.459 e. The van der Waals surface area contributed by atoms with E-state index < -0.39 is 10.7 Å². The van der Waals surface area contributed by atoms with Crippen molar-refractivity contribution in [1.82, 2.24) is 5.32 Å². The first kappa shape index (κ1) is 14.2. The highest BCUT2D eigenvalue weighted by molar-refractivity contribution is 5.61. The number of non-ortho nitro benzene ring substituents is 1. The van der Waals surface area contributed by atoms with Gasteiger partial charge in [0.2, 0.25) is 0 Å². The molecule has 0 bridgehead atoms. The molecule has 6 heteroatoms. The van der Waals surface area contributed by atoms with E-state index in [1.54, 1.807) is 12.1 Å². The Morgan fingerprint density at radius 2 is 2.15 bits per heavy atom. The number of halogens is 1. The summed E-state index contributed by atoms with van der Waals surface area (Å²) in [4.78, 5) is 10.1. The number of hydrogen-bond acceptors (Lipinski definition) is 4. The molecule has 1 atom stereocenters. The molecule has 0 aliphatic heterocycles. The van der Waals surface area contributed by atoms with Gasteiger partial charge in [-0.05, 0) is 31.7 Å². The number of nitro groups is 1. The van der Waals surface area contributed by atoms with E-state index in [4.69, 9.17) is 4.42 Å². The van der Waals surface area contributed by atoms with Gasteiger partial charge in [-0.1, -0.05) is 6.92 Å². The van der Waals surface area contributed by atoms with Crippen molar-refractivity contribution in [2.24, 2.45) is 0 Å². The summed E-state index contributed by atoms with van der Waals surface area (Å²) in [5.74, 6) is 0.473. The van der Waals surface area contributed by atoms with Gasteiger partial charge in [-0.15, -0.1) is 0 Å². The molecule has 2 aromatic rings. The van der Waals surface area contributed by atoms with Gasteiger partial charge in [0.05, 0.1) is 17.0 Å². The number of furan rings is 1. The number of nitrogens with one attached hydrogen (secondary N) is 1. The van der Waals surface area contributed by atoms with E-state index in [-0.39, 0.29) is 11.7 Å². The second-order valence-electron chi connectivity index (χ2n) is 4.41. The van der Waals surface area contributed by atoms with Gasteiger partial charge in [0.15, 0.2) is 0 Å². The van der Waals surface area contributed by atoms with Crippen molar-refractivity contribution in [3.8, 4) is 11.3 Å². The minimum absolute atomic E-state index is 0.0623. The van der Waals surface area contributed by atoms with Crippen LogP contribution in [0.4, 0.5) is 10.1 Å². The zero-order valence-electron chi connectivity index (χ0n) is 11.2. The van der Waals surface area contributed by atoms with Crippen LogP contribution in [0.2, 0.25) is 0 Å². The Morgan fingerprint density at radius 1 is 1.40 bits per heavy atom. The molecule has 0 aliphatic rings. The summed E-state index contributed by atoms with van der Waals surface area (Å²) in [6, 6.07) is 6.94. The maximum Gasteiger partial charge on any atom is 0.273 e. The molecule has 20 heavy (non-hydrogen) atoms. The van der Waals surface area contributed by atoms with Crippen molar-refractivity contribution in [1.29, 1.82) is 0 Å². The topological polar surface area (TPSA) is 68.3 Å². The normalized spacial score (nSPS) is 12.3. The predicted octanol–water partition coefficient (Wildman–Crippen LogP) is 3.66. The smallest absolute Gasteiger partial charge is 0.273 e. The average Bonchev–Trinajstić information content (AvgIpc) is 2.89. The Balaban J connectivity index is 2.39. The molecule has 2 rings (SSSR count). The van der Waals surface area contributed by atoms with E-state index in [1.807, 2.05) is 14.0 Å². The number of nitro benzene ring substituents is 1. The number of benzene rings is 1. The van der Waals surface area contributed by atoms with E-state index in [9.17, 15) is 14.5 Å². The van der Waals surface area contributed by atoms with Crippen LogP contribution in [0.3, 0.4) is 0 Å².